The summed E-state index contributed by atoms with van der Waals surface area (Å²) in [5.74, 6) is -0.198. The van der Waals surface area contributed by atoms with Gasteiger partial charge in [0.05, 0.1) is 18.8 Å². The fourth-order valence-electron chi connectivity index (χ4n) is 2.44. The molecular formula is C17H18N2O3S. The van der Waals surface area contributed by atoms with Gasteiger partial charge in [-0.2, -0.15) is 0 Å². The van der Waals surface area contributed by atoms with E-state index in [2.05, 4.69) is 10.3 Å². The third-order valence-corrected chi connectivity index (χ3v) is 4.69. The maximum absolute atomic E-state index is 12.5. The summed E-state index contributed by atoms with van der Waals surface area (Å²) in [6, 6.07) is 9.98. The largest absolute Gasteiger partial charge is 0.461 e. The van der Waals surface area contributed by atoms with Gasteiger partial charge < -0.3 is 10.1 Å². The van der Waals surface area contributed by atoms with Crippen LogP contribution >= 0.6 is 11.3 Å². The van der Waals surface area contributed by atoms with Crippen LogP contribution in [-0.2, 0) is 4.74 Å². The summed E-state index contributed by atoms with van der Waals surface area (Å²) in [7, 11) is 0. The van der Waals surface area contributed by atoms with Crippen LogP contribution in [0.5, 0.6) is 0 Å². The molecule has 1 aliphatic carbocycles. The van der Waals surface area contributed by atoms with Crippen LogP contribution in [0.4, 0.5) is 0 Å². The van der Waals surface area contributed by atoms with Crippen molar-refractivity contribution in [3.05, 3.63) is 52.0 Å². The molecule has 0 spiro atoms. The molecule has 0 saturated heterocycles. The fraction of sp³-hybridized carbons (Fsp3) is 0.353. The lowest BCUT2D eigenvalue weighted by atomic mass is 10.0. The zero-order valence-electron chi connectivity index (χ0n) is 12.8. The first kappa shape index (κ1) is 15.7. The lowest BCUT2D eigenvalue weighted by molar-refractivity contribution is 0.0526. The highest BCUT2D eigenvalue weighted by Gasteiger charge is 2.33. The van der Waals surface area contributed by atoms with Crippen molar-refractivity contribution in [1.82, 2.24) is 10.3 Å². The summed E-state index contributed by atoms with van der Waals surface area (Å²) in [4.78, 5) is 28.5. The minimum Gasteiger partial charge on any atom is -0.461 e. The monoisotopic (exact) mass is 330 g/mol. The third kappa shape index (κ3) is 3.76. The van der Waals surface area contributed by atoms with Crippen molar-refractivity contribution >= 4 is 23.2 Å². The lowest BCUT2D eigenvalue weighted by Gasteiger charge is -2.18. The summed E-state index contributed by atoms with van der Waals surface area (Å²) in [5, 5.41) is 3.28. The second-order valence-corrected chi connectivity index (χ2v) is 6.48. The first-order chi connectivity index (χ1) is 11.2. The average Bonchev–Trinajstić information content (AvgIpc) is 3.28. The van der Waals surface area contributed by atoms with Crippen molar-refractivity contribution < 1.29 is 14.3 Å². The van der Waals surface area contributed by atoms with E-state index in [-0.39, 0.29) is 23.6 Å². The number of carbonyl (C=O) groups is 2. The lowest BCUT2D eigenvalue weighted by Crippen LogP contribution is -2.29. The Bertz CT molecular complexity index is 695. The Morgan fingerprint density at radius 3 is 2.74 bits per heavy atom. The molecule has 1 saturated carbocycles. The van der Waals surface area contributed by atoms with Crippen molar-refractivity contribution in [2.75, 3.05) is 6.61 Å². The van der Waals surface area contributed by atoms with Crippen molar-refractivity contribution in [3.63, 3.8) is 0 Å². The maximum Gasteiger partial charge on any atom is 0.367 e. The van der Waals surface area contributed by atoms with Gasteiger partial charge in [-0.15, -0.1) is 11.3 Å². The molecule has 1 aromatic heterocycles. The first-order valence-electron chi connectivity index (χ1n) is 7.67. The highest BCUT2D eigenvalue weighted by atomic mass is 32.1. The quantitative estimate of drug-likeness (QED) is 0.826. The normalized spacial score (nSPS) is 15.0. The molecule has 1 amide bonds. The zero-order valence-corrected chi connectivity index (χ0v) is 13.6. The summed E-state index contributed by atoms with van der Waals surface area (Å²) in [5.41, 5.74) is 1.11. The second-order valence-electron chi connectivity index (χ2n) is 5.45. The molecular weight excluding hydrogens is 312 g/mol. The van der Waals surface area contributed by atoms with Crippen LogP contribution in [0.1, 0.15) is 50.8 Å². The van der Waals surface area contributed by atoms with Gasteiger partial charge in [0.1, 0.15) is 4.88 Å². The molecule has 0 radical (unpaired) electrons. The van der Waals surface area contributed by atoms with Crippen molar-refractivity contribution in [2.45, 2.75) is 25.8 Å². The number of hydrogen-bond acceptors (Lipinski definition) is 5. The Balaban J connectivity index is 1.71. The number of nitrogens with one attached hydrogen (secondary N) is 1. The van der Waals surface area contributed by atoms with Crippen LogP contribution in [0.3, 0.4) is 0 Å². The average molecular weight is 330 g/mol. The van der Waals surface area contributed by atoms with E-state index in [9.17, 15) is 9.59 Å². The van der Waals surface area contributed by atoms with Crippen LogP contribution in [0.2, 0.25) is 0 Å². The SMILES string of the molecule is CCOC(=O)c1ncc(C(=O)N[C@@H](c2ccccc2)C2CC2)s1. The Hall–Kier alpha value is -2.21. The summed E-state index contributed by atoms with van der Waals surface area (Å²) in [6.45, 7) is 2.02. The number of aromatic nitrogens is 1. The number of benzene rings is 1. The van der Waals surface area contributed by atoms with Crippen LogP contribution in [0, 0.1) is 5.92 Å². The number of rotatable bonds is 6. The fourth-order valence-corrected chi connectivity index (χ4v) is 3.15. The van der Waals surface area contributed by atoms with E-state index >= 15 is 0 Å². The second kappa shape index (κ2) is 6.91. The number of carbonyl (C=O) groups excluding carboxylic acids is 2. The highest BCUT2D eigenvalue weighted by molar-refractivity contribution is 7.15. The topological polar surface area (TPSA) is 68.3 Å². The predicted octanol–water partition coefficient (Wildman–Crippen LogP) is 3.20. The van der Waals surface area contributed by atoms with Gasteiger partial charge in [0.15, 0.2) is 0 Å². The zero-order chi connectivity index (χ0) is 16.2. The molecule has 1 aromatic carbocycles. The van der Waals surface area contributed by atoms with E-state index in [1.54, 1.807) is 6.92 Å². The molecule has 1 fully saturated rings. The summed E-state index contributed by atoms with van der Waals surface area (Å²) in [6.07, 6.45) is 3.68. The molecule has 5 nitrogen and oxygen atoms in total. The van der Waals surface area contributed by atoms with Crippen molar-refractivity contribution in [1.29, 1.82) is 0 Å². The minimum absolute atomic E-state index is 0.0110. The molecule has 1 aliphatic rings. The van der Waals surface area contributed by atoms with Crippen molar-refractivity contribution in [2.24, 2.45) is 5.92 Å². The van der Waals surface area contributed by atoms with Gasteiger partial charge in [-0.1, -0.05) is 30.3 Å². The Morgan fingerprint density at radius 2 is 2.09 bits per heavy atom. The van der Waals surface area contributed by atoms with Gasteiger partial charge in [-0.25, -0.2) is 9.78 Å². The maximum atomic E-state index is 12.5. The van der Waals surface area contributed by atoms with Crippen LogP contribution in [0.25, 0.3) is 0 Å². The Kier molecular flexibility index (Phi) is 4.71. The van der Waals surface area contributed by atoms with E-state index in [1.165, 1.54) is 6.20 Å². The smallest absolute Gasteiger partial charge is 0.367 e. The Morgan fingerprint density at radius 1 is 1.35 bits per heavy atom. The third-order valence-electron chi connectivity index (χ3n) is 3.72. The minimum atomic E-state index is -0.488. The van der Waals surface area contributed by atoms with E-state index in [1.807, 2.05) is 30.3 Å². The van der Waals surface area contributed by atoms with Gasteiger partial charge in [0.25, 0.3) is 5.91 Å². The van der Waals surface area contributed by atoms with Crippen molar-refractivity contribution in [3.8, 4) is 0 Å². The molecule has 120 valence electrons. The first-order valence-corrected chi connectivity index (χ1v) is 8.49. The number of thiazole rings is 1. The van der Waals surface area contributed by atoms with Gasteiger partial charge in [0, 0.05) is 0 Å². The highest BCUT2D eigenvalue weighted by Crippen LogP contribution is 2.41. The molecule has 0 unspecified atom stereocenters. The molecule has 2 aromatic rings. The number of ether oxygens (including phenoxy) is 1. The van der Waals surface area contributed by atoms with Gasteiger partial charge in [-0.05, 0) is 31.2 Å². The van der Waals surface area contributed by atoms with Crippen LogP contribution in [0.15, 0.2) is 36.5 Å². The van der Waals surface area contributed by atoms with E-state index in [4.69, 9.17) is 4.74 Å². The standard InChI is InChI=1S/C17H18N2O3S/c1-2-22-17(21)16-18-10-13(23-16)15(20)19-14(12-8-9-12)11-6-4-3-5-7-11/h3-7,10,12,14H,2,8-9H2,1H3,(H,19,20)/t14-/m0/s1. The molecule has 0 bridgehead atoms. The molecule has 23 heavy (non-hydrogen) atoms. The predicted molar refractivity (Wildman–Crippen MR) is 87.4 cm³/mol. The summed E-state index contributed by atoms with van der Waals surface area (Å²) < 4.78 is 4.90. The summed E-state index contributed by atoms with van der Waals surface area (Å²) >= 11 is 1.06. The van der Waals surface area contributed by atoms with Gasteiger partial charge in [-0.3, -0.25) is 4.79 Å². The van der Waals surface area contributed by atoms with E-state index < -0.39 is 5.97 Å². The van der Waals surface area contributed by atoms with Crippen LogP contribution < -0.4 is 5.32 Å². The number of hydrogen-bond donors (Lipinski definition) is 1. The molecule has 1 N–H and O–H groups in total. The van der Waals surface area contributed by atoms with E-state index in [0.717, 1.165) is 29.7 Å². The molecule has 3 rings (SSSR count). The molecule has 0 aliphatic heterocycles. The van der Waals surface area contributed by atoms with E-state index in [0.29, 0.717) is 10.8 Å². The molecule has 1 atom stereocenters. The number of amides is 1. The Labute approximate surface area is 138 Å². The van der Waals surface area contributed by atoms with Gasteiger partial charge >= 0.3 is 5.97 Å². The number of esters is 1. The molecule has 1 heterocycles. The van der Waals surface area contributed by atoms with Crippen LogP contribution in [-0.4, -0.2) is 23.5 Å². The number of nitrogens with zero attached hydrogens (tertiary/aromatic N) is 1. The van der Waals surface area contributed by atoms with Gasteiger partial charge in [0.2, 0.25) is 5.01 Å². The molecule has 6 heteroatoms.